The first-order chi connectivity index (χ1) is 12.8. The zero-order chi connectivity index (χ0) is 19.6. The smallest absolute Gasteiger partial charge is 0.262 e. The minimum absolute atomic E-state index is 0.0918. The van der Waals surface area contributed by atoms with Crippen LogP contribution in [0.1, 0.15) is 16.7 Å². The van der Waals surface area contributed by atoms with Crippen molar-refractivity contribution in [2.75, 3.05) is 4.31 Å². The van der Waals surface area contributed by atoms with E-state index in [1.165, 1.54) is 12.1 Å². The number of rotatable bonds is 5. The van der Waals surface area contributed by atoms with Gasteiger partial charge in [-0.25, -0.2) is 17.2 Å². The van der Waals surface area contributed by atoms with E-state index in [1.54, 1.807) is 43.3 Å². The average Bonchev–Trinajstić information content (AvgIpc) is 2.61. The zero-order valence-electron chi connectivity index (χ0n) is 15.0. The van der Waals surface area contributed by atoms with Gasteiger partial charge >= 0.3 is 0 Å². The van der Waals surface area contributed by atoms with Gasteiger partial charge in [0.1, 0.15) is 11.6 Å². The highest BCUT2D eigenvalue weighted by Gasteiger charge is 2.26. The summed E-state index contributed by atoms with van der Waals surface area (Å²) in [6.07, 6.45) is 0. The van der Waals surface area contributed by atoms with E-state index >= 15 is 0 Å². The third-order valence-electron chi connectivity index (χ3n) is 4.20. The molecule has 140 valence electrons. The third-order valence-corrected chi connectivity index (χ3v) is 5.97. The molecule has 3 nitrogen and oxygen atoms in total. The fraction of sp³-hybridized carbons (Fsp3) is 0.143. The van der Waals surface area contributed by atoms with Crippen molar-refractivity contribution < 1.29 is 17.2 Å². The molecule has 0 saturated carbocycles. The summed E-state index contributed by atoms with van der Waals surface area (Å²) in [7, 11) is -3.95. The molecule has 6 heteroatoms. The van der Waals surface area contributed by atoms with Crippen molar-refractivity contribution in [1.29, 1.82) is 0 Å². The average molecular weight is 387 g/mol. The van der Waals surface area contributed by atoms with Gasteiger partial charge in [-0.05, 0) is 55.3 Å². The Labute approximate surface area is 157 Å². The molecule has 0 fully saturated rings. The molecule has 0 N–H and O–H groups in total. The van der Waals surface area contributed by atoms with Gasteiger partial charge in [0.2, 0.25) is 0 Å². The van der Waals surface area contributed by atoms with Gasteiger partial charge in [0.05, 0.1) is 17.1 Å². The molecule has 0 aliphatic carbocycles. The van der Waals surface area contributed by atoms with Crippen LogP contribution in [0.4, 0.5) is 14.5 Å². The predicted octanol–water partition coefficient (Wildman–Crippen LogP) is 4.98. The van der Waals surface area contributed by atoms with Crippen molar-refractivity contribution in [2.45, 2.75) is 25.3 Å². The van der Waals surface area contributed by atoms with E-state index in [0.29, 0.717) is 5.69 Å². The van der Waals surface area contributed by atoms with Crippen molar-refractivity contribution >= 4 is 15.7 Å². The number of hydrogen-bond acceptors (Lipinski definition) is 2. The molecule has 27 heavy (non-hydrogen) atoms. The second-order valence-electron chi connectivity index (χ2n) is 6.40. The van der Waals surface area contributed by atoms with Crippen molar-refractivity contribution in [3.63, 3.8) is 0 Å². The first-order valence-corrected chi connectivity index (χ1v) is 9.81. The van der Waals surface area contributed by atoms with Crippen LogP contribution in [0.15, 0.2) is 71.6 Å². The SMILES string of the molecule is Cc1cccc(N(Cc2ccc(F)cc2F)S(=O)(=O)c2cccc(C)c2)c1. The maximum Gasteiger partial charge on any atom is 0.264 e. The Morgan fingerprint density at radius 3 is 2.15 bits per heavy atom. The van der Waals surface area contributed by atoms with Crippen LogP contribution in [-0.4, -0.2) is 8.42 Å². The Morgan fingerprint density at radius 2 is 1.52 bits per heavy atom. The fourth-order valence-corrected chi connectivity index (χ4v) is 4.35. The molecule has 0 aliphatic heterocycles. The zero-order valence-corrected chi connectivity index (χ0v) is 15.8. The van der Waals surface area contributed by atoms with Gasteiger partial charge < -0.3 is 0 Å². The van der Waals surface area contributed by atoms with E-state index in [9.17, 15) is 17.2 Å². The molecule has 0 radical (unpaired) electrons. The number of aryl methyl sites for hydroxylation is 2. The Hall–Kier alpha value is -2.73. The van der Waals surface area contributed by atoms with Gasteiger partial charge in [-0.1, -0.05) is 30.3 Å². The van der Waals surface area contributed by atoms with Gasteiger partial charge in [-0.15, -0.1) is 0 Å². The predicted molar refractivity (Wildman–Crippen MR) is 102 cm³/mol. The molecule has 0 atom stereocenters. The van der Waals surface area contributed by atoms with Gasteiger partial charge in [-0.2, -0.15) is 0 Å². The van der Waals surface area contributed by atoms with Crippen LogP contribution < -0.4 is 4.31 Å². The lowest BCUT2D eigenvalue weighted by Gasteiger charge is -2.25. The standard InChI is InChI=1S/C21H19F2NO2S/c1-15-5-3-7-19(11-15)24(14-17-9-10-18(22)13-21(17)23)27(25,26)20-8-4-6-16(2)12-20/h3-13H,14H2,1-2H3. The number of sulfonamides is 1. The molecule has 0 unspecified atom stereocenters. The summed E-state index contributed by atoms with van der Waals surface area (Å²) < 4.78 is 55.2. The van der Waals surface area contributed by atoms with Crippen molar-refractivity contribution in [1.82, 2.24) is 0 Å². The van der Waals surface area contributed by atoms with E-state index < -0.39 is 21.7 Å². The van der Waals surface area contributed by atoms with Crippen molar-refractivity contribution in [3.05, 3.63) is 95.1 Å². The quantitative estimate of drug-likeness (QED) is 0.619. The van der Waals surface area contributed by atoms with Crippen LogP contribution in [0, 0.1) is 25.5 Å². The topological polar surface area (TPSA) is 37.4 Å². The van der Waals surface area contributed by atoms with Crippen molar-refractivity contribution in [2.24, 2.45) is 0 Å². The molecule has 0 aliphatic rings. The maximum atomic E-state index is 14.2. The molecule has 3 aromatic carbocycles. The van der Waals surface area contributed by atoms with E-state index in [2.05, 4.69) is 0 Å². The van der Waals surface area contributed by atoms with E-state index in [0.717, 1.165) is 27.6 Å². The minimum atomic E-state index is -3.95. The molecule has 0 spiro atoms. The van der Waals surface area contributed by atoms with Gasteiger partial charge in [0.25, 0.3) is 10.0 Å². The van der Waals surface area contributed by atoms with Gasteiger partial charge in [0.15, 0.2) is 0 Å². The highest BCUT2D eigenvalue weighted by molar-refractivity contribution is 7.92. The summed E-state index contributed by atoms with van der Waals surface area (Å²) >= 11 is 0. The summed E-state index contributed by atoms with van der Waals surface area (Å²) in [4.78, 5) is 0.117. The first-order valence-electron chi connectivity index (χ1n) is 8.37. The first kappa shape index (κ1) is 19.0. The molecule has 0 heterocycles. The highest BCUT2D eigenvalue weighted by atomic mass is 32.2. The molecule has 0 aromatic heterocycles. The Kier molecular flexibility index (Phi) is 5.28. The molecule has 3 aromatic rings. The van der Waals surface area contributed by atoms with E-state index in [1.807, 2.05) is 13.0 Å². The summed E-state index contributed by atoms with van der Waals surface area (Å²) in [6.45, 7) is 3.40. The largest absolute Gasteiger partial charge is 0.264 e. The fourth-order valence-electron chi connectivity index (χ4n) is 2.81. The molecule has 0 amide bonds. The number of nitrogens with zero attached hydrogens (tertiary/aromatic N) is 1. The summed E-state index contributed by atoms with van der Waals surface area (Å²) in [5.74, 6) is -1.49. The molecular formula is C21H19F2NO2S. The monoisotopic (exact) mass is 387 g/mol. The van der Waals surface area contributed by atoms with Crippen molar-refractivity contribution in [3.8, 4) is 0 Å². The minimum Gasteiger partial charge on any atom is -0.262 e. The third kappa shape index (κ3) is 4.17. The lowest BCUT2D eigenvalue weighted by Crippen LogP contribution is -2.31. The second-order valence-corrected chi connectivity index (χ2v) is 8.27. The van der Waals surface area contributed by atoms with Crippen LogP contribution in [0.3, 0.4) is 0 Å². The Morgan fingerprint density at radius 1 is 0.852 bits per heavy atom. The summed E-state index contributed by atoms with van der Waals surface area (Å²) in [5.41, 5.74) is 2.18. The molecule has 3 rings (SSSR count). The van der Waals surface area contributed by atoms with E-state index in [-0.39, 0.29) is 17.0 Å². The van der Waals surface area contributed by atoms with Crippen LogP contribution in [-0.2, 0) is 16.6 Å². The number of halogens is 2. The molecular weight excluding hydrogens is 368 g/mol. The van der Waals surface area contributed by atoms with Gasteiger partial charge in [0, 0.05) is 11.6 Å². The highest BCUT2D eigenvalue weighted by Crippen LogP contribution is 2.28. The normalized spacial score (nSPS) is 11.4. The summed E-state index contributed by atoms with van der Waals surface area (Å²) in [5, 5.41) is 0. The van der Waals surface area contributed by atoms with Crippen LogP contribution in [0.25, 0.3) is 0 Å². The van der Waals surface area contributed by atoms with E-state index in [4.69, 9.17) is 0 Å². The molecule has 0 saturated heterocycles. The number of hydrogen-bond donors (Lipinski definition) is 0. The van der Waals surface area contributed by atoms with Crippen LogP contribution in [0.5, 0.6) is 0 Å². The lowest BCUT2D eigenvalue weighted by atomic mass is 10.2. The van der Waals surface area contributed by atoms with Crippen LogP contribution >= 0.6 is 0 Å². The Balaban J connectivity index is 2.12. The van der Waals surface area contributed by atoms with Crippen LogP contribution in [0.2, 0.25) is 0 Å². The lowest BCUT2D eigenvalue weighted by molar-refractivity contribution is 0.569. The Bertz CT molecular complexity index is 1080. The number of anilines is 1. The summed E-state index contributed by atoms with van der Waals surface area (Å²) in [6, 6.07) is 16.6. The number of benzene rings is 3. The van der Waals surface area contributed by atoms with Gasteiger partial charge in [-0.3, -0.25) is 4.31 Å². The second kappa shape index (κ2) is 7.48. The molecule has 0 bridgehead atoms. The maximum absolute atomic E-state index is 14.2.